The number of carboxylic acids is 1. The lowest BCUT2D eigenvalue weighted by Crippen LogP contribution is -2.29. The van der Waals surface area contributed by atoms with Gasteiger partial charge in [0.2, 0.25) is 0 Å². The summed E-state index contributed by atoms with van der Waals surface area (Å²) in [5.74, 6) is -1.33. The van der Waals surface area contributed by atoms with E-state index in [0.717, 1.165) is 11.8 Å². The van der Waals surface area contributed by atoms with Gasteiger partial charge in [-0.25, -0.2) is 0 Å². The van der Waals surface area contributed by atoms with Crippen molar-refractivity contribution in [2.45, 2.75) is 12.8 Å². The van der Waals surface area contributed by atoms with E-state index in [0.29, 0.717) is 27.0 Å². The number of carbonyl (C=O) groups excluding carboxylic acids is 1. The maximum absolute atomic E-state index is 12.6. The van der Waals surface area contributed by atoms with Crippen LogP contribution < -0.4 is 0 Å². The van der Waals surface area contributed by atoms with E-state index in [1.54, 1.807) is 29.0 Å². The van der Waals surface area contributed by atoms with Gasteiger partial charge in [-0.05, 0) is 24.6 Å². The number of aromatic nitrogens is 1. The molecule has 7 nitrogen and oxygen atoms in total. The molecule has 1 aromatic carbocycles. The number of amides is 1. The quantitative estimate of drug-likeness (QED) is 0.502. The summed E-state index contributed by atoms with van der Waals surface area (Å²) in [6.45, 7) is 0.260. The predicted octanol–water partition coefficient (Wildman–Crippen LogP) is 2.95. The Balaban J connectivity index is 1.84. The van der Waals surface area contributed by atoms with Crippen LogP contribution in [0.2, 0.25) is 0 Å². The standard InChI is InChI=1S/C18H16N2O5S2/c21-13-7-12(8-14(22)10-13)19-5-1-3-11(19)9-15-17(25)20(18(26)27-15)6-2-4-16(23)24/h1,3,5,7-10,21-22H,2,4,6H2,(H,23,24)/b15-9+. The van der Waals surface area contributed by atoms with Gasteiger partial charge in [0, 0.05) is 43.1 Å². The predicted molar refractivity (Wildman–Crippen MR) is 106 cm³/mol. The molecule has 27 heavy (non-hydrogen) atoms. The molecule has 0 bridgehead atoms. The van der Waals surface area contributed by atoms with Crippen molar-refractivity contribution in [1.82, 2.24) is 9.47 Å². The number of aliphatic carboxylic acids is 1. The highest BCUT2D eigenvalue weighted by Gasteiger charge is 2.31. The highest BCUT2D eigenvalue weighted by molar-refractivity contribution is 8.26. The monoisotopic (exact) mass is 404 g/mol. The van der Waals surface area contributed by atoms with Gasteiger partial charge in [-0.3, -0.25) is 14.5 Å². The van der Waals surface area contributed by atoms with Crippen molar-refractivity contribution in [3.8, 4) is 17.2 Å². The molecule has 2 heterocycles. The zero-order chi connectivity index (χ0) is 19.6. The summed E-state index contributed by atoms with van der Waals surface area (Å²) < 4.78 is 2.11. The molecule has 3 N–H and O–H groups in total. The van der Waals surface area contributed by atoms with Crippen molar-refractivity contribution in [2.75, 3.05) is 6.54 Å². The maximum atomic E-state index is 12.6. The van der Waals surface area contributed by atoms with Crippen molar-refractivity contribution < 1.29 is 24.9 Å². The van der Waals surface area contributed by atoms with E-state index in [1.165, 1.54) is 23.1 Å². The number of rotatable bonds is 6. The number of phenolic OH excluding ortho intramolecular Hbond substituents is 2. The highest BCUT2D eigenvalue weighted by Crippen LogP contribution is 2.33. The summed E-state index contributed by atoms with van der Waals surface area (Å²) in [5, 5.41) is 28.1. The minimum atomic E-state index is -0.914. The second kappa shape index (κ2) is 7.85. The van der Waals surface area contributed by atoms with Crippen molar-refractivity contribution in [1.29, 1.82) is 0 Å². The van der Waals surface area contributed by atoms with Gasteiger partial charge in [-0.15, -0.1) is 0 Å². The van der Waals surface area contributed by atoms with Crippen LogP contribution in [0.3, 0.4) is 0 Å². The molecule has 1 amide bonds. The fourth-order valence-electron chi connectivity index (χ4n) is 2.68. The van der Waals surface area contributed by atoms with Crippen LogP contribution in [0, 0.1) is 0 Å². The lowest BCUT2D eigenvalue weighted by molar-refractivity contribution is -0.137. The van der Waals surface area contributed by atoms with E-state index in [2.05, 4.69) is 0 Å². The molecule has 0 atom stereocenters. The molecule has 0 aliphatic carbocycles. The zero-order valence-corrected chi connectivity index (χ0v) is 15.7. The van der Waals surface area contributed by atoms with Gasteiger partial charge in [0.15, 0.2) is 0 Å². The lowest BCUT2D eigenvalue weighted by atomic mass is 10.2. The second-order valence-corrected chi connectivity index (χ2v) is 7.52. The maximum Gasteiger partial charge on any atom is 0.303 e. The van der Waals surface area contributed by atoms with E-state index in [9.17, 15) is 19.8 Å². The number of aromatic hydroxyl groups is 2. The topological polar surface area (TPSA) is 103 Å². The summed E-state index contributed by atoms with van der Waals surface area (Å²) in [6.07, 6.45) is 3.72. The average Bonchev–Trinajstić information content (AvgIpc) is 3.14. The Kier molecular flexibility index (Phi) is 5.52. The molecule has 140 valence electrons. The summed E-state index contributed by atoms with van der Waals surface area (Å²) in [6, 6.07) is 7.79. The van der Waals surface area contributed by atoms with Crippen LogP contribution in [-0.4, -0.2) is 47.5 Å². The average molecular weight is 404 g/mol. The summed E-state index contributed by atoms with van der Waals surface area (Å²) in [7, 11) is 0. The molecule has 1 fully saturated rings. The van der Waals surface area contributed by atoms with E-state index in [-0.39, 0.29) is 30.4 Å². The van der Waals surface area contributed by atoms with Gasteiger partial charge in [-0.2, -0.15) is 0 Å². The Morgan fingerprint density at radius 2 is 1.93 bits per heavy atom. The Morgan fingerprint density at radius 3 is 2.59 bits per heavy atom. The Bertz CT molecular complexity index is 931. The van der Waals surface area contributed by atoms with E-state index in [4.69, 9.17) is 17.3 Å². The van der Waals surface area contributed by atoms with Crippen molar-refractivity contribution >= 4 is 46.3 Å². The molecular formula is C18H16N2O5S2. The van der Waals surface area contributed by atoms with Gasteiger partial charge in [0.25, 0.3) is 5.91 Å². The number of thiocarbonyl (C=S) groups is 1. The molecule has 3 rings (SSSR count). The first-order valence-corrected chi connectivity index (χ1v) is 9.25. The molecule has 0 saturated carbocycles. The van der Waals surface area contributed by atoms with Crippen LogP contribution in [0.1, 0.15) is 18.5 Å². The van der Waals surface area contributed by atoms with E-state index < -0.39 is 5.97 Å². The Morgan fingerprint density at radius 1 is 1.22 bits per heavy atom. The minimum absolute atomic E-state index is 0.0278. The van der Waals surface area contributed by atoms with Crippen LogP contribution in [0.15, 0.2) is 41.4 Å². The number of phenols is 2. The molecule has 9 heteroatoms. The van der Waals surface area contributed by atoms with Crippen LogP contribution in [-0.2, 0) is 9.59 Å². The summed E-state index contributed by atoms with van der Waals surface area (Å²) >= 11 is 6.40. The van der Waals surface area contributed by atoms with Gasteiger partial charge >= 0.3 is 5.97 Å². The van der Waals surface area contributed by atoms with Gasteiger partial charge in [0.1, 0.15) is 15.8 Å². The highest BCUT2D eigenvalue weighted by atomic mass is 32.2. The lowest BCUT2D eigenvalue weighted by Gasteiger charge is -2.13. The summed E-state index contributed by atoms with van der Waals surface area (Å²) in [4.78, 5) is 25.1. The van der Waals surface area contributed by atoms with Crippen LogP contribution in [0.5, 0.6) is 11.5 Å². The Labute approximate surface area is 164 Å². The van der Waals surface area contributed by atoms with Gasteiger partial charge in [0.05, 0.1) is 10.6 Å². The third-order valence-electron chi connectivity index (χ3n) is 3.87. The molecular weight excluding hydrogens is 388 g/mol. The third-order valence-corrected chi connectivity index (χ3v) is 5.25. The number of hydrogen-bond acceptors (Lipinski definition) is 6. The normalized spacial score (nSPS) is 15.7. The van der Waals surface area contributed by atoms with E-state index in [1.807, 2.05) is 0 Å². The molecule has 1 saturated heterocycles. The number of hydrogen-bond donors (Lipinski definition) is 3. The Hall–Kier alpha value is -2.78. The number of carboxylic acid groups (broad SMARTS) is 1. The molecule has 1 aromatic heterocycles. The number of carbonyl (C=O) groups is 2. The number of nitrogens with zero attached hydrogens (tertiary/aromatic N) is 2. The molecule has 1 aliphatic heterocycles. The van der Waals surface area contributed by atoms with Crippen LogP contribution in [0.25, 0.3) is 11.8 Å². The van der Waals surface area contributed by atoms with Crippen LogP contribution >= 0.6 is 24.0 Å². The first-order valence-electron chi connectivity index (χ1n) is 8.03. The molecule has 0 spiro atoms. The van der Waals surface area contributed by atoms with Crippen molar-refractivity contribution in [3.05, 3.63) is 47.1 Å². The largest absolute Gasteiger partial charge is 0.508 e. The molecule has 1 aliphatic rings. The number of benzene rings is 1. The molecule has 2 aromatic rings. The molecule has 0 radical (unpaired) electrons. The summed E-state index contributed by atoms with van der Waals surface area (Å²) in [5.41, 5.74) is 1.21. The van der Waals surface area contributed by atoms with Crippen molar-refractivity contribution in [3.63, 3.8) is 0 Å². The fraction of sp³-hybridized carbons (Fsp3) is 0.167. The van der Waals surface area contributed by atoms with Crippen LogP contribution in [0.4, 0.5) is 0 Å². The second-order valence-electron chi connectivity index (χ2n) is 5.84. The SMILES string of the molecule is O=C(O)CCCN1C(=O)/C(=C\c2cccn2-c2cc(O)cc(O)c2)SC1=S. The first-order chi connectivity index (χ1) is 12.8. The fourth-order valence-corrected chi connectivity index (χ4v) is 3.97. The van der Waals surface area contributed by atoms with Crippen molar-refractivity contribution in [2.24, 2.45) is 0 Å². The minimum Gasteiger partial charge on any atom is -0.508 e. The molecule has 0 unspecified atom stereocenters. The van der Waals surface area contributed by atoms with Gasteiger partial charge < -0.3 is 19.9 Å². The van der Waals surface area contributed by atoms with E-state index >= 15 is 0 Å². The number of thioether (sulfide) groups is 1. The smallest absolute Gasteiger partial charge is 0.303 e. The third kappa shape index (κ3) is 4.32. The first kappa shape index (κ1) is 19.0. The van der Waals surface area contributed by atoms with Gasteiger partial charge in [-0.1, -0.05) is 24.0 Å². The zero-order valence-electron chi connectivity index (χ0n) is 14.0.